The van der Waals surface area contributed by atoms with E-state index in [0.29, 0.717) is 5.56 Å². The Kier molecular flexibility index (Phi) is 8.09. The lowest BCUT2D eigenvalue weighted by atomic mass is 10.0. The lowest BCUT2D eigenvalue weighted by Crippen LogP contribution is -2.47. The molecule has 1 heterocycles. The standard InChI is InChI=1S/C27H24BrN5O4/c1-29-26(34)23(15-19-10-7-11-20(28)14-19)30-27(35)25-16-22(21-12-5-6-13-24(21)33(36)37)31-32(25)17-18-8-3-2-4-9-18/h2-14,16,23H,15,17H2,1H3,(H,29,34)(H,30,35). The minimum absolute atomic E-state index is 0.114. The average molecular weight is 562 g/mol. The number of likely N-dealkylation sites (N-methyl/N-ethyl adjacent to an activating group) is 1. The van der Waals surface area contributed by atoms with E-state index in [1.54, 1.807) is 18.2 Å². The van der Waals surface area contributed by atoms with Crippen molar-refractivity contribution in [1.82, 2.24) is 20.4 Å². The molecule has 0 aliphatic rings. The molecule has 0 aliphatic carbocycles. The monoisotopic (exact) mass is 561 g/mol. The highest BCUT2D eigenvalue weighted by Gasteiger charge is 2.26. The molecule has 188 valence electrons. The molecule has 0 aliphatic heterocycles. The fourth-order valence-corrected chi connectivity index (χ4v) is 4.42. The molecule has 2 N–H and O–H groups in total. The first-order valence-corrected chi connectivity index (χ1v) is 12.3. The smallest absolute Gasteiger partial charge is 0.278 e. The summed E-state index contributed by atoms with van der Waals surface area (Å²) >= 11 is 3.43. The summed E-state index contributed by atoms with van der Waals surface area (Å²) in [6.45, 7) is 0.264. The van der Waals surface area contributed by atoms with Crippen LogP contribution in [0.25, 0.3) is 11.3 Å². The molecule has 37 heavy (non-hydrogen) atoms. The zero-order valence-corrected chi connectivity index (χ0v) is 21.5. The van der Waals surface area contributed by atoms with Crippen LogP contribution in [0.3, 0.4) is 0 Å². The van der Waals surface area contributed by atoms with E-state index in [2.05, 4.69) is 31.7 Å². The molecule has 1 aromatic heterocycles. The van der Waals surface area contributed by atoms with Gasteiger partial charge in [0.2, 0.25) is 5.91 Å². The van der Waals surface area contributed by atoms with Crippen LogP contribution in [-0.4, -0.2) is 39.6 Å². The number of nitrogens with zero attached hydrogens (tertiary/aromatic N) is 3. The van der Waals surface area contributed by atoms with Gasteiger partial charge in [-0.2, -0.15) is 5.10 Å². The van der Waals surface area contributed by atoms with Crippen molar-refractivity contribution in [2.75, 3.05) is 7.05 Å². The van der Waals surface area contributed by atoms with Crippen LogP contribution in [0.15, 0.2) is 89.4 Å². The van der Waals surface area contributed by atoms with Gasteiger partial charge in [-0.05, 0) is 35.4 Å². The molecule has 4 rings (SSSR count). The fourth-order valence-electron chi connectivity index (χ4n) is 3.97. The summed E-state index contributed by atoms with van der Waals surface area (Å²) < 4.78 is 2.36. The van der Waals surface area contributed by atoms with Gasteiger partial charge in [-0.15, -0.1) is 0 Å². The number of aromatic nitrogens is 2. The first-order chi connectivity index (χ1) is 17.9. The molecule has 0 bridgehead atoms. The summed E-state index contributed by atoms with van der Waals surface area (Å²) in [6, 6.07) is 23.8. The van der Waals surface area contributed by atoms with Crippen molar-refractivity contribution in [2.45, 2.75) is 19.0 Å². The second kappa shape index (κ2) is 11.6. The molecule has 1 unspecified atom stereocenters. The van der Waals surface area contributed by atoms with Crippen molar-refractivity contribution in [3.05, 3.63) is 116 Å². The van der Waals surface area contributed by atoms with E-state index in [1.807, 2.05) is 54.6 Å². The number of rotatable bonds is 9. The van der Waals surface area contributed by atoms with Crippen LogP contribution in [0.1, 0.15) is 21.6 Å². The number of halogens is 1. The number of nitro benzene ring substituents is 1. The van der Waals surface area contributed by atoms with Gasteiger partial charge < -0.3 is 10.6 Å². The van der Waals surface area contributed by atoms with E-state index in [1.165, 1.54) is 23.9 Å². The fraction of sp³-hybridized carbons (Fsp3) is 0.148. The van der Waals surface area contributed by atoms with Crippen LogP contribution in [0.5, 0.6) is 0 Å². The van der Waals surface area contributed by atoms with Gasteiger partial charge >= 0.3 is 0 Å². The molecule has 4 aromatic rings. The molecule has 10 heteroatoms. The van der Waals surface area contributed by atoms with Gasteiger partial charge in [0.05, 0.1) is 17.0 Å². The Bertz CT molecular complexity index is 1440. The van der Waals surface area contributed by atoms with Crippen molar-refractivity contribution in [3.8, 4) is 11.3 Å². The van der Waals surface area contributed by atoms with Gasteiger partial charge in [0.1, 0.15) is 17.4 Å². The molecule has 1 atom stereocenters. The van der Waals surface area contributed by atoms with Crippen molar-refractivity contribution >= 4 is 33.4 Å². The lowest BCUT2D eigenvalue weighted by Gasteiger charge is -2.18. The zero-order chi connectivity index (χ0) is 26.4. The minimum Gasteiger partial charge on any atom is -0.357 e. The normalized spacial score (nSPS) is 11.5. The van der Waals surface area contributed by atoms with Crippen molar-refractivity contribution in [1.29, 1.82) is 0 Å². The maximum absolute atomic E-state index is 13.5. The molecule has 0 saturated heterocycles. The Morgan fingerprint density at radius 2 is 1.70 bits per heavy atom. The number of nitro groups is 1. The highest BCUT2D eigenvalue weighted by molar-refractivity contribution is 9.10. The first kappa shape index (κ1) is 25.8. The number of hydrogen-bond acceptors (Lipinski definition) is 5. The van der Waals surface area contributed by atoms with E-state index in [-0.39, 0.29) is 35.9 Å². The molecule has 0 fully saturated rings. The highest BCUT2D eigenvalue weighted by Crippen LogP contribution is 2.29. The van der Waals surface area contributed by atoms with E-state index in [9.17, 15) is 19.7 Å². The third-order valence-electron chi connectivity index (χ3n) is 5.76. The molecule has 9 nitrogen and oxygen atoms in total. The van der Waals surface area contributed by atoms with E-state index < -0.39 is 16.9 Å². The average Bonchev–Trinajstić information content (AvgIpc) is 3.32. The van der Waals surface area contributed by atoms with Gasteiger partial charge in [0.15, 0.2) is 0 Å². The molecular formula is C27H24BrN5O4. The Morgan fingerprint density at radius 3 is 2.41 bits per heavy atom. The maximum Gasteiger partial charge on any atom is 0.278 e. The number of nitrogens with one attached hydrogen (secondary N) is 2. The quantitative estimate of drug-likeness (QED) is 0.232. The summed E-state index contributed by atoms with van der Waals surface area (Å²) in [5, 5.41) is 21.6. The Morgan fingerprint density at radius 1 is 1.00 bits per heavy atom. The van der Waals surface area contributed by atoms with E-state index in [4.69, 9.17) is 0 Å². The van der Waals surface area contributed by atoms with Crippen LogP contribution in [-0.2, 0) is 17.8 Å². The Balaban J connectivity index is 1.70. The first-order valence-electron chi connectivity index (χ1n) is 11.5. The number of carbonyl (C=O) groups excluding carboxylic acids is 2. The van der Waals surface area contributed by atoms with E-state index >= 15 is 0 Å². The third-order valence-corrected chi connectivity index (χ3v) is 6.25. The van der Waals surface area contributed by atoms with Gasteiger partial charge in [-0.3, -0.25) is 24.4 Å². The zero-order valence-electron chi connectivity index (χ0n) is 19.9. The molecular weight excluding hydrogens is 538 g/mol. The van der Waals surface area contributed by atoms with Crippen LogP contribution >= 0.6 is 15.9 Å². The van der Waals surface area contributed by atoms with Crippen molar-refractivity contribution in [2.24, 2.45) is 0 Å². The van der Waals surface area contributed by atoms with Crippen molar-refractivity contribution < 1.29 is 14.5 Å². The van der Waals surface area contributed by atoms with Crippen LogP contribution < -0.4 is 10.6 Å². The Labute approximate surface area is 221 Å². The molecule has 0 radical (unpaired) electrons. The number of carbonyl (C=O) groups is 2. The summed E-state index contributed by atoms with van der Waals surface area (Å²) in [6.07, 6.45) is 0.273. The summed E-state index contributed by atoms with van der Waals surface area (Å²) in [5.74, 6) is -0.863. The minimum atomic E-state index is -0.846. The predicted molar refractivity (Wildman–Crippen MR) is 143 cm³/mol. The van der Waals surface area contributed by atoms with Gasteiger partial charge in [0, 0.05) is 24.0 Å². The number of hydrogen-bond donors (Lipinski definition) is 2. The molecule has 0 saturated carbocycles. The van der Waals surface area contributed by atoms with E-state index in [0.717, 1.165) is 15.6 Å². The summed E-state index contributed by atoms with van der Waals surface area (Å²) in [4.78, 5) is 37.3. The molecule has 3 aromatic carbocycles. The summed E-state index contributed by atoms with van der Waals surface area (Å²) in [7, 11) is 1.51. The lowest BCUT2D eigenvalue weighted by molar-refractivity contribution is -0.384. The van der Waals surface area contributed by atoms with Gasteiger partial charge in [0.25, 0.3) is 11.6 Å². The van der Waals surface area contributed by atoms with Crippen LogP contribution in [0.4, 0.5) is 5.69 Å². The predicted octanol–water partition coefficient (Wildman–Crippen LogP) is 4.36. The molecule has 2 amide bonds. The number of para-hydroxylation sites is 1. The SMILES string of the molecule is CNC(=O)C(Cc1cccc(Br)c1)NC(=O)c1cc(-c2ccccc2[N+](=O)[O-])nn1Cc1ccccc1. The van der Waals surface area contributed by atoms with Crippen LogP contribution in [0.2, 0.25) is 0 Å². The second-order valence-electron chi connectivity index (χ2n) is 8.31. The largest absolute Gasteiger partial charge is 0.357 e. The van der Waals surface area contributed by atoms with Crippen LogP contribution in [0, 0.1) is 10.1 Å². The van der Waals surface area contributed by atoms with Gasteiger partial charge in [-0.25, -0.2) is 0 Å². The van der Waals surface area contributed by atoms with Crippen molar-refractivity contribution in [3.63, 3.8) is 0 Å². The highest BCUT2D eigenvalue weighted by atomic mass is 79.9. The molecule has 0 spiro atoms. The van der Waals surface area contributed by atoms with Gasteiger partial charge in [-0.1, -0.05) is 70.5 Å². The second-order valence-corrected chi connectivity index (χ2v) is 9.22. The summed E-state index contributed by atoms with van der Waals surface area (Å²) in [5.41, 5.74) is 2.41. The third kappa shape index (κ3) is 6.28. The Hall–Kier alpha value is -4.31. The topological polar surface area (TPSA) is 119 Å². The number of amides is 2. The maximum atomic E-state index is 13.5. The number of benzene rings is 3.